The molecule has 0 radical (unpaired) electrons. The average molecular weight is 236 g/mol. The molecule has 1 unspecified atom stereocenters. The molecule has 90 valence electrons. The molecule has 0 aromatic rings. The molecule has 0 N–H and O–H groups in total. The van der Waals surface area contributed by atoms with E-state index in [4.69, 9.17) is 5.26 Å². The number of alkyl halides is 3. The molecule has 1 amide bonds. The Bertz CT molecular complexity index is 298. The first-order valence-corrected chi connectivity index (χ1v) is 4.74. The summed E-state index contributed by atoms with van der Waals surface area (Å²) in [4.78, 5) is 12.6. The summed E-state index contributed by atoms with van der Waals surface area (Å²) < 4.78 is 39.5. The van der Waals surface area contributed by atoms with Crippen molar-refractivity contribution in [2.24, 2.45) is 5.92 Å². The third kappa shape index (κ3) is 4.06. The number of amides is 1. The fourth-order valence-electron chi connectivity index (χ4n) is 1.44. The van der Waals surface area contributed by atoms with E-state index < -0.39 is 12.8 Å². The summed E-state index contributed by atoms with van der Waals surface area (Å²) in [6.07, 6.45) is -4.19. The lowest BCUT2D eigenvalue weighted by atomic mass is 10.1. The van der Waals surface area contributed by atoms with Gasteiger partial charge in [-0.05, 0) is 0 Å². The second kappa shape index (κ2) is 5.16. The average Bonchev–Trinajstić information content (AvgIpc) is 2.53. The fourth-order valence-corrected chi connectivity index (χ4v) is 1.44. The molecule has 1 saturated heterocycles. The van der Waals surface area contributed by atoms with Crippen molar-refractivity contribution in [1.29, 1.82) is 5.26 Å². The van der Waals surface area contributed by atoms with Crippen molar-refractivity contribution in [2.45, 2.75) is 12.6 Å². The first-order chi connectivity index (χ1) is 7.42. The molecular formula is C9H11F3N2O2. The van der Waals surface area contributed by atoms with Crippen molar-refractivity contribution in [3.05, 3.63) is 0 Å². The number of hydrogen-bond donors (Lipinski definition) is 0. The highest BCUT2D eigenvalue weighted by atomic mass is 19.4. The summed E-state index contributed by atoms with van der Waals surface area (Å²) in [5.41, 5.74) is 0. The quantitative estimate of drug-likeness (QED) is 0.682. The summed E-state index contributed by atoms with van der Waals surface area (Å²) in [5.74, 6) is -0.558. The highest BCUT2D eigenvalue weighted by Crippen LogP contribution is 2.17. The van der Waals surface area contributed by atoms with Crippen LogP contribution in [0.2, 0.25) is 0 Å². The van der Waals surface area contributed by atoms with Crippen LogP contribution in [-0.4, -0.2) is 43.3 Å². The molecule has 1 aliphatic rings. The standard InChI is InChI=1S/C9H11F3N2O2/c10-9(11,12)6-16-2-1-14-5-7(4-13)3-8(14)15/h7H,1-3,5-6H2. The monoisotopic (exact) mass is 236 g/mol. The van der Waals surface area contributed by atoms with E-state index in [1.165, 1.54) is 4.90 Å². The third-order valence-corrected chi connectivity index (χ3v) is 2.17. The van der Waals surface area contributed by atoms with E-state index in [0.29, 0.717) is 0 Å². The molecular weight excluding hydrogens is 225 g/mol. The molecule has 0 aromatic carbocycles. The van der Waals surface area contributed by atoms with Gasteiger partial charge in [-0.25, -0.2) is 0 Å². The summed E-state index contributed by atoms with van der Waals surface area (Å²) in [6.45, 7) is -1.09. The summed E-state index contributed by atoms with van der Waals surface area (Å²) in [6, 6.07) is 1.96. The number of carbonyl (C=O) groups excluding carboxylic acids is 1. The molecule has 1 aliphatic heterocycles. The van der Waals surface area contributed by atoms with E-state index in [0.717, 1.165) is 0 Å². The fraction of sp³-hybridized carbons (Fsp3) is 0.778. The zero-order valence-corrected chi connectivity index (χ0v) is 8.46. The van der Waals surface area contributed by atoms with Gasteiger partial charge in [0.25, 0.3) is 0 Å². The number of nitrogens with zero attached hydrogens (tertiary/aromatic N) is 2. The molecule has 4 nitrogen and oxygen atoms in total. The van der Waals surface area contributed by atoms with E-state index >= 15 is 0 Å². The van der Waals surface area contributed by atoms with Crippen LogP contribution in [0.3, 0.4) is 0 Å². The second-order valence-electron chi connectivity index (χ2n) is 3.54. The van der Waals surface area contributed by atoms with Crippen molar-refractivity contribution in [3.63, 3.8) is 0 Å². The van der Waals surface area contributed by atoms with Gasteiger partial charge in [-0.2, -0.15) is 18.4 Å². The number of rotatable bonds is 4. The van der Waals surface area contributed by atoms with Crippen LogP contribution in [0.25, 0.3) is 0 Å². The number of halogens is 3. The Labute approximate surface area is 90.6 Å². The Balaban J connectivity index is 2.19. The normalized spacial score (nSPS) is 21.2. The first-order valence-electron chi connectivity index (χ1n) is 4.74. The maximum absolute atomic E-state index is 11.7. The minimum atomic E-state index is -4.34. The van der Waals surface area contributed by atoms with Crippen LogP contribution in [0.1, 0.15) is 6.42 Å². The van der Waals surface area contributed by atoms with Gasteiger partial charge >= 0.3 is 6.18 Å². The highest BCUT2D eigenvalue weighted by Gasteiger charge is 2.30. The van der Waals surface area contributed by atoms with Gasteiger partial charge in [-0.1, -0.05) is 0 Å². The number of carbonyl (C=O) groups is 1. The molecule has 0 aromatic heterocycles. The zero-order valence-electron chi connectivity index (χ0n) is 8.46. The molecule has 0 aliphatic carbocycles. The molecule has 16 heavy (non-hydrogen) atoms. The highest BCUT2D eigenvalue weighted by molar-refractivity contribution is 5.79. The van der Waals surface area contributed by atoms with Gasteiger partial charge in [-0.3, -0.25) is 4.79 Å². The van der Waals surface area contributed by atoms with Crippen LogP contribution in [0.15, 0.2) is 0 Å². The van der Waals surface area contributed by atoms with Crippen molar-refractivity contribution >= 4 is 5.91 Å². The smallest absolute Gasteiger partial charge is 0.370 e. The number of hydrogen-bond acceptors (Lipinski definition) is 3. The van der Waals surface area contributed by atoms with E-state index in [1.54, 1.807) is 0 Å². The van der Waals surface area contributed by atoms with Crippen LogP contribution in [0, 0.1) is 17.2 Å². The van der Waals surface area contributed by atoms with Crippen LogP contribution < -0.4 is 0 Å². The number of ether oxygens (including phenoxy) is 1. The predicted octanol–water partition coefficient (Wildman–Crippen LogP) is 0.937. The van der Waals surface area contributed by atoms with Crippen LogP contribution in [0.5, 0.6) is 0 Å². The van der Waals surface area contributed by atoms with Gasteiger partial charge in [0.2, 0.25) is 5.91 Å². The summed E-state index contributed by atoms with van der Waals surface area (Å²) in [5, 5.41) is 8.57. The SMILES string of the molecule is N#CC1CC(=O)N(CCOCC(F)(F)F)C1. The van der Waals surface area contributed by atoms with Gasteiger partial charge < -0.3 is 9.64 Å². The van der Waals surface area contributed by atoms with Crippen molar-refractivity contribution < 1.29 is 22.7 Å². The van der Waals surface area contributed by atoms with Gasteiger partial charge in [0.05, 0.1) is 18.6 Å². The first kappa shape index (κ1) is 12.8. The van der Waals surface area contributed by atoms with Crippen LogP contribution >= 0.6 is 0 Å². The van der Waals surface area contributed by atoms with Gasteiger partial charge in [0.15, 0.2) is 0 Å². The Morgan fingerprint density at radius 3 is 2.75 bits per heavy atom. The summed E-state index contributed by atoms with van der Waals surface area (Å²) >= 11 is 0. The lowest BCUT2D eigenvalue weighted by Crippen LogP contribution is -2.30. The number of nitriles is 1. The molecule has 1 fully saturated rings. The van der Waals surface area contributed by atoms with Crippen molar-refractivity contribution in [2.75, 3.05) is 26.3 Å². The van der Waals surface area contributed by atoms with E-state index in [1.807, 2.05) is 6.07 Å². The third-order valence-electron chi connectivity index (χ3n) is 2.17. The molecule has 1 heterocycles. The topological polar surface area (TPSA) is 53.3 Å². The zero-order chi connectivity index (χ0) is 12.2. The molecule has 0 saturated carbocycles. The Morgan fingerprint density at radius 1 is 1.56 bits per heavy atom. The number of likely N-dealkylation sites (tertiary alicyclic amines) is 1. The lowest BCUT2D eigenvalue weighted by Gasteiger charge is -2.15. The van der Waals surface area contributed by atoms with Crippen molar-refractivity contribution in [3.8, 4) is 6.07 Å². The van der Waals surface area contributed by atoms with Crippen molar-refractivity contribution in [1.82, 2.24) is 4.90 Å². The van der Waals surface area contributed by atoms with Gasteiger partial charge in [0.1, 0.15) is 6.61 Å². The van der Waals surface area contributed by atoms with Crippen LogP contribution in [-0.2, 0) is 9.53 Å². The lowest BCUT2D eigenvalue weighted by molar-refractivity contribution is -0.174. The molecule has 1 atom stereocenters. The largest absolute Gasteiger partial charge is 0.411 e. The van der Waals surface area contributed by atoms with E-state index in [-0.39, 0.29) is 37.9 Å². The molecule has 1 rings (SSSR count). The molecule has 0 bridgehead atoms. The van der Waals surface area contributed by atoms with Gasteiger partial charge in [-0.15, -0.1) is 0 Å². The Morgan fingerprint density at radius 2 is 2.25 bits per heavy atom. The maximum Gasteiger partial charge on any atom is 0.411 e. The Hall–Kier alpha value is -1.29. The minimum Gasteiger partial charge on any atom is -0.370 e. The van der Waals surface area contributed by atoms with E-state index in [9.17, 15) is 18.0 Å². The van der Waals surface area contributed by atoms with E-state index in [2.05, 4.69) is 4.74 Å². The second-order valence-corrected chi connectivity index (χ2v) is 3.54. The Kier molecular flexibility index (Phi) is 4.12. The molecule has 7 heteroatoms. The van der Waals surface area contributed by atoms with Crippen LogP contribution in [0.4, 0.5) is 13.2 Å². The maximum atomic E-state index is 11.7. The molecule has 0 spiro atoms. The minimum absolute atomic E-state index is 0.104. The van der Waals surface area contributed by atoms with Gasteiger partial charge in [0, 0.05) is 19.5 Å². The predicted molar refractivity (Wildman–Crippen MR) is 47.2 cm³/mol. The summed E-state index contributed by atoms with van der Waals surface area (Å²) in [7, 11) is 0.